The lowest BCUT2D eigenvalue weighted by Crippen LogP contribution is -2.19. The average Bonchev–Trinajstić information content (AvgIpc) is 2.96. The third-order valence-corrected chi connectivity index (χ3v) is 4.89. The van der Waals surface area contributed by atoms with Crippen molar-refractivity contribution in [2.24, 2.45) is 4.99 Å². The number of amidine groups is 1. The number of aryl methyl sites for hydroxylation is 1. The van der Waals surface area contributed by atoms with Crippen LogP contribution in [-0.2, 0) is 4.79 Å². The van der Waals surface area contributed by atoms with Gasteiger partial charge in [-0.2, -0.15) is 0 Å². The van der Waals surface area contributed by atoms with Crippen LogP contribution in [0.15, 0.2) is 46.3 Å². The molecule has 2 aromatic carbocycles. The highest BCUT2D eigenvalue weighted by atomic mass is 35.5. The van der Waals surface area contributed by atoms with Gasteiger partial charge in [0.05, 0.1) is 19.1 Å². The summed E-state index contributed by atoms with van der Waals surface area (Å²) in [6.07, 6.45) is 1.81. The van der Waals surface area contributed by atoms with Crippen LogP contribution < -0.4 is 14.8 Å². The van der Waals surface area contributed by atoms with Crippen LogP contribution >= 0.6 is 23.4 Å². The van der Waals surface area contributed by atoms with Gasteiger partial charge in [-0.1, -0.05) is 23.7 Å². The Morgan fingerprint density at radius 2 is 1.88 bits per heavy atom. The summed E-state index contributed by atoms with van der Waals surface area (Å²) in [6, 6.07) is 10.9. The molecule has 0 spiro atoms. The number of carbonyl (C=O) groups excluding carboxylic acids is 1. The molecule has 1 heterocycles. The van der Waals surface area contributed by atoms with E-state index in [4.69, 9.17) is 21.1 Å². The number of amides is 1. The fourth-order valence-corrected chi connectivity index (χ4v) is 3.42. The first kappa shape index (κ1) is 18.4. The molecule has 134 valence electrons. The SMILES string of the molecule is COc1cc(/C=C2\SC(=Nc3cc(Cl)ccc3OC)NC2=O)ccc1C. The van der Waals surface area contributed by atoms with Crippen LogP contribution in [0.25, 0.3) is 6.08 Å². The Balaban J connectivity index is 1.88. The summed E-state index contributed by atoms with van der Waals surface area (Å²) < 4.78 is 10.6. The van der Waals surface area contributed by atoms with Crippen LogP contribution in [0.3, 0.4) is 0 Å². The number of nitrogens with one attached hydrogen (secondary N) is 1. The second kappa shape index (κ2) is 7.85. The van der Waals surface area contributed by atoms with Gasteiger partial charge in [-0.3, -0.25) is 4.79 Å². The summed E-state index contributed by atoms with van der Waals surface area (Å²) in [5.74, 6) is 1.16. The molecule has 5 nitrogen and oxygen atoms in total. The van der Waals surface area contributed by atoms with Crippen molar-refractivity contribution in [1.29, 1.82) is 0 Å². The standard InChI is InChI=1S/C19H17ClN2O3S/c1-11-4-5-12(8-16(11)25-3)9-17-18(23)22-19(26-17)21-14-10-13(20)6-7-15(14)24-2/h4-10H,1-3H3,(H,21,22,23)/b17-9-. The third kappa shape index (κ3) is 4.03. The van der Waals surface area contributed by atoms with E-state index in [1.54, 1.807) is 38.5 Å². The molecule has 0 aromatic heterocycles. The molecule has 0 saturated carbocycles. The fraction of sp³-hybridized carbons (Fsp3) is 0.158. The number of nitrogens with zero attached hydrogens (tertiary/aromatic N) is 1. The molecule has 7 heteroatoms. The minimum absolute atomic E-state index is 0.200. The Kier molecular flexibility index (Phi) is 5.54. The Bertz CT molecular complexity index is 925. The third-order valence-electron chi connectivity index (χ3n) is 3.74. The highest BCUT2D eigenvalue weighted by Crippen LogP contribution is 2.34. The maximum absolute atomic E-state index is 12.3. The molecule has 1 aliphatic heterocycles. The fourth-order valence-electron chi connectivity index (χ4n) is 2.42. The summed E-state index contributed by atoms with van der Waals surface area (Å²) in [7, 11) is 3.18. The van der Waals surface area contributed by atoms with E-state index < -0.39 is 0 Å². The van der Waals surface area contributed by atoms with E-state index in [1.165, 1.54) is 11.8 Å². The first-order valence-corrected chi connectivity index (χ1v) is 8.97. The molecule has 3 rings (SSSR count). The maximum Gasteiger partial charge on any atom is 0.264 e. The van der Waals surface area contributed by atoms with Gasteiger partial charge in [0.25, 0.3) is 5.91 Å². The molecule has 0 atom stereocenters. The lowest BCUT2D eigenvalue weighted by atomic mass is 10.1. The van der Waals surface area contributed by atoms with Crippen LogP contribution in [0.5, 0.6) is 11.5 Å². The van der Waals surface area contributed by atoms with Crippen molar-refractivity contribution in [3.8, 4) is 11.5 Å². The van der Waals surface area contributed by atoms with Gasteiger partial charge in [-0.15, -0.1) is 0 Å². The zero-order chi connectivity index (χ0) is 18.7. The average molecular weight is 389 g/mol. The molecule has 1 aliphatic rings. The summed E-state index contributed by atoms with van der Waals surface area (Å²) in [6.45, 7) is 1.97. The molecule has 1 fully saturated rings. The molecule has 1 N–H and O–H groups in total. The normalized spacial score (nSPS) is 16.8. The second-order valence-electron chi connectivity index (χ2n) is 5.53. The second-order valence-corrected chi connectivity index (χ2v) is 6.99. The van der Waals surface area contributed by atoms with Gasteiger partial charge in [0.1, 0.15) is 17.2 Å². The molecule has 2 aromatic rings. The maximum atomic E-state index is 12.3. The number of hydrogen-bond acceptors (Lipinski definition) is 5. The minimum atomic E-state index is -0.200. The van der Waals surface area contributed by atoms with Crippen molar-refractivity contribution in [3.05, 3.63) is 57.5 Å². The van der Waals surface area contributed by atoms with Crippen LogP contribution in [0.1, 0.15) is 11.1 Å². The smallest absolute Gasteiger partial charge is 0.264 e. The quantitative estimate of drug-likeness (QED) is 0.780. The Labute approximate surface area is 161 Å². The van der Waals surface area contributed by atoms with Crippen molar-refractivity contribution < 1.29 is 14.3 Å². The van der Waals surface area contributed by atoms with Gasteiger partial charge >= 0.3 is 0 Å². The Morgan fingerprint density at radius 1 is 1.12 bits per heavy atom. The van der Waals surface area contributed by atoms with Crippen LogP contribution in [-0.4, -0.2) is 25.3 Å². The van der Waals surface area contributed by atoms with Crippen molar-refractivity contribution in [3.63, 3.8) is 0 Å². The van der Waals surface area contributed by atoms with Gasteiger partial charge in [-0.25, -0.2) is 4.99 Å². The number of halogens is 1. The van der Waals surface area contributed by atoms with Gasteiger partial charge < -0.3 is 14.8 Å². The topological polar surface area (TPSA) is 59.9 Å². The van der Waals surface area contributed by atoms with Gasteiger partial charge in [0.2, 0.25) is 0 Å². The molecule has 1 amide bonds. The minimum Gasteiger partial charge on any atom is -0.496 e. The number of aliphatic imine (C=N–C) groups is 1. The van der Waals surface area contributed by atoms with Crippen LogP contribution in [0, 0.1) is 6.92 Å². The number of thioether (sulfide) groups is 1. The molecular weight excluding hydrogens is 372 g/mol. The van der Waals surface area contributed by atoms with Crippen LogP contribution in [0.4, 0.5) is 5.69 Å². The number of benzene rings is 2. The highest BCUT2D eigenvalue weighted by Gasteiger charge is 2.24. The summed E-state index contributed by atoms with van der Waals surface area (Å²) in [5, 5.41) is 3.78. The Morgan fingerprint density at radius 3 is 2.62 bits per heavy atom. The van der Waals surface area contributed by atoms with Gasteiger partial charge in [-0.05, 0) is 60.2 Å². The highest BCUT2D eigenvalue weighted by molar-refractivity contribution is 8.18. The molecule has 1 saturated heterocycles. The molecule has 0 bridgehead atoms. The number of carbonyl (C=O) groups is 1. The zero-order valence-corrected chi connectivity index (χ0v) is 16.1. The summed E-state index contributed by atoms with van der Waals surface area (Å²) >= 11 is 7.29. The molecule has 26 heavy (non-hydrogen) atoms. The van der Waals surface area contributed by atoms with E-state index in [0.29, 0.717) is 26.5 Å². The Hall–Kier alpha value is -2.44. The van der Waals surface area contributed by atoms with Crippen molar-refractivity contribution in [1.82, 2.24) is 5.32 Å². The number of rotatable bonds is 4. The number of ether oxygens (including phenoxy) is 2. The molecule has 0 radical (unpaired) electrons. The van der Waals surface area contributed by atoms with Crippen molar-refractivity contribution in [2.75, 3.05) is 14.2 Å². The largest absolute Gasteiger partial charge is 0.496 e. The molecule has 0 aliphatic carbocycles. The molecule has 0 unspecified atom stereocenters. The van der Waals surface area contributed by atoms with Crippen molar-refractivity contribution in [2.45, 2.75) is 6.92 Å². The van der Waals surface area contributed by atoms with E-state index in [2.05, 4.69) is 10.3 Å². The van der Waals surface area contributed by atoms with E-state index in [9.17, 15) is 4.79 Å². The lowest BCUT2D eigenvalue weighted by Gasteiger charge is -2.05. The molecular formula is C19H17ClN2O3S. The number of methoxy groups -OCH3 is 2. The monoisotopic (exact) mass is 388 g/mol. The van der Waals surface area contributed by atoms with E-state index >= 15 is 0 Å². The zero-order valence-electron chi connectivity index (χ0n) is 14.5. The van der Waals surface area contributed by atoms with Crippen molar-refractivity contribution >= 4 is 46.2 Å². The van der Waals surface area contributed by atoms with Gasteiger partial charge in [0, 0.05) is 5.02 Å². The van der Waals surface area contributed by atoms with Gasteiger partial charge in [0.15, 0.2) is 5.17 Å². The first-order valence-electron chi connectivity index (χ1n) is 7.78. The summed E-state index contributed by atoms with van der Waals surface area (Å²) in [4.78, 5) is 17.3. The van der Waals surface area contributed by atoms with E-state index in [1.807, 2.05) is 25.1 Å². The predicted octanol–water partition coefficient (Wildman–Crippen LogP) is 4.56. The summed E-state index contributed by atoms with van der Waals surface area (Å²) in [5.41, 5.74) is 2.47. The van der Waals surface area contributed by atoms with E-state index in [-0.39, 0.29) is 5.91 Å². The first-order chi connectivity index (χ1) is 12.5. The number of hydrogen-bond donors (Lipinski definition) is 1. The lowest BCUT2D eigenvalue weighted by molar-refractivity contribution is -0.115. The predicted molar refractivity (Wildman–Crippen MR) is 107 cm³/mol. The van der Waals surface area contributed by atoms with E-state index in [0.717, 1.165) is 16.9 Å². The van der Waals surface area contributed by atoms with Crippen LogP contribution in [0.2, 0.25) is 5.02 Å².